The highest BCUT2D eigenvalue weighted by atomic mass is 32.1. The Kier molecular flexibility index (Phi) is 9.67. The van der Waals surface area contributed by atoms with Crippen LogP contribution in [0.2, 0.25) is 0 Å². The minimum absolute atomic E-state index is 0.208. The number of carbonyl (C=O) groups excluding carboxylic acids is 1. The molecule has 0 unspecified atom stereocenters. The smallest absolute Gasteiger partial charge is 0.419 e. The van der Waals surface area contributed by atoms with Crippen LogP contribution in [0.1, 0.15) is 37.0 Å². The molecule has 0 saturated heterocycles. The zero-order valence-electron chi connectivity index (χ0n) is 17.0. The second kappa shape index (κ2) is 12.2. The van der Waals surface area contributed by atoms with Crippen LogP contribution in [0.4, 0.5) is 15.5 Å². The van der Waals surface area contributed by atoms with E-state index < -0.39 is 5.97 Å². The first-order valence-corrected chi connectivity index (χ1v) is 10.6. The topological polar surface area (TPSA) is 76.1 Å². The molecule has 6 nitrogen and oxygen atoms in total. The number of anilines is 2. The van der Waals surface area contributed by atoms with Crippen LogP contribution in [0.3, 0.4) is 0 Å². The van der Waals surface area contributed by atoms with Gasteiger partial charge >= 0.3 is 12.1 Å². The van der Waals surface area contributed by atoms with Crippen molar-refractivity contribution in [3.63, 3.8) is 0 Å². The number of benzene rings is 1. The molecule has 7 heteroatoms. The monoisotopic (exact) mass is 419 g/mol. The number of carboxylic acid groups (broad SMARTS) is 1. The summed E-state index contributed by atoms with van der Waals surface area (Å²) in [5.41, 5.74) is 0.850. The average molecular weight is 420 g/mol. The summed E-state index contributed by atoms with van der Waals surface area (Å²) in [7, 11) is 1.34. The van der Waals surface area contributed by atoms with E-state index >= 15 is 0 Å². The van der Waals surface area contributed by atoms with Crippen molar-refractivity contribution in [3.05, 3.63) is 47.3 Å². The normalized spacial score (nSPS) is 13.9. The second-order valence-electron chi connectivity index (χ2n) is 6.96. The van der Waals surface area contributed by atoms with Gasteiger partial charge in [0.2, 0.25) is 0 Å². The van der Waals surface area contributed by atoms with Gasteiger partial charge < -0.3 is 14.6 Å². The third-order valence-electron chi connectivity index (χ3n) is 4.58. The number of carboxylic acids is 1. The molecule has 1 saturated carbocycles. The number of amides is 1. The first-order chi connectivity index (χ1) is 14.0. The number of carbonyl (C=O) groups is 2. The van der Waals surface area contributed by atoms with Crippen LogP contribution in [-0.2, 0) is 14.3 Å². The Morgan fingerprint density at radius 3 is 2.31 bits per heavy atom. The molecule has 1 N–H and O–H groups in total. The highest BCUT2D eigenvalue weighted by molar-refractivity contribution is 7.16. The third-order valence-corrected chi connectivity index (χ3v) is 5.56. The molecule has 158 valence electrons. The molecule has 0 bridgehead atoms. The number of rotatable bonds is 6. The van der Waals surface area contributed by atoms with Crippen molar-refractivity contribution in [2.24, 2.45) is 5.92 Å². The van der Waals surface area contributed by atoms with Gasteiger partial charge in [-0.2, -0.15) is 0 Å². The molecular formula is C22H29NO5S. The number of hydrogen-bond acceptors (Lipinski definition) is 5. The maximum absolute atomic E-state index is 12.7. The van der Waals surface area contributed by atoms with Gasteiger partial charge in [-0.25, -0.2) is 14.5 Å². The summed E-state index contributed by atoms with van der Waals surface area (Å²) in [5, 5.41) is 8.69. The van der Waals surface area contributed by atoms with Crippen LogP contribution >= 0.6 is 11.3 Å². The minimum atomic E-state index is -0.933. The highest BCUT2D eigenvalue weighted by Gasteiger charge is 2.23. The van der Waals surface area contributed by atoms with Gasteiger partial charge in [-0.05, 0) is 49.9 Å². The van der Waals surface area contributed by atoms with Crippen molar-refractivity contribution in [1.29, 1.82) is 0 Å². The predicted octanol–water partition coefficient (Wildman–Crippen LogP) is 5.63. The van der Waals surface area contributed by atoms with Gasteiger partial charge in [0.05, 0.1) is 12.3 Å². The summed E-state index contributed by atoms with van der Waals surface area (Å²) in [6.07, 6.45) is 5.91. The number of hydrogen-bond donors (Lipinski definition) is 1. The summed E-state index contributed by atoms with van der Waals surface area (Å²) in [6.45, 7) is 2.37. The highest BCUT2D eigenvalue weighted by Crippen LogP contribution is 2.33. The fourth-order valence-corrected chi connectivity index (χ4v) is 4.05. The molecule has 0 atom stereocenters. The molecule has 1 amide bonds. The lowest BCUT2D eigenvalue weighted by atomic mass is 9.90. The average Bonchev–Trinajstić information content (AvgIpc) is 3.14. The van der Waals surface area contributed by atoms with E-state index in [0.29, 0.717) is 12.5 Å². The molecule has 3 rings (SSSR count). The molecule has 1 aromatic heterocycles. The van der Waals surface area contributed by atoms with Gasteiger partial charge in [0.15, 0.2) is 0 Å². The van der Waals surface area contributed by atoms with Crippen molar-refractivity contribution in [1.82, 2.24) is 0 Å². The summed E-state index contributed by atoms with van der Waals surface area (Å²) >= 11 is 1.61. The Bertz CT molecular complexity index is 756. The van der Waals surface area contributed by atoms with Crippen molar-refractivity contribution in [3.8, 4) is 0 Å². The van der Waals surface area contributed by atoms with Crippen LogP contribution in [0, 0.1) is 12.8 Å². The van der Waals surface area contributed by atoms with E-state index in [4.69, 9.17) is 9.84 Å². The summed E-state index contributed by atoms with van der Waals surface area (Å²) in [4.78, 5) is 25.0. The van der Waals surface area contributed by atoms with Gasteiger partial charge in [-0.1, -0.05) is 37.5 Å². The molecule has 1 aliphatic rings. The molecular weight excluding hydrogens is 390 g/mol. The van der Waals surface area contributed by atoms with E-state index in [0.717, 1.165) is 10.7 Å². The van der Waals surface area contributed by atoms with Crippen molar-refractivity contribution in [2.45, 2.75) is 39.0 Å². The number of ether oxygens (including phenoxy) is 2. The first kappa shape index (κ1) is 22.9. The Balaban J connectivity index is 0.000000438. The van der Waals surface area contributed by atoms with Crippen molar-refractivity contribution >= 4 is 34.1 Å². The lowest BCUT2D eigenvalue weighted by Crippen LogP contribution is -2.28. The van der Waals surface area contributed by atoms with Gasteiger partial charge in [-0.3, -0.25) is 0 Å². The second-order valence-corrected chi connectivity index (χ2v) is 8.23. The van der Waals surface area contributed by atoms with Gasteiger partial charge in [0.25, 0.3) is 0 Å². The fraction of sp³-hybridized carbons (Fsp3) is 0.455. The van der Waals surface area contributed by atoms with Gasteiger partial charge in [-0.15, -0.1) is 11.3 Å². The van der Waals surface area contributed by atoms with Crippen LogP contribution in [-0.4, -0.2) is 37.5 Å². The first-order valence-electron chi connectivity index (χ1n) is 9.80. The van der Waals surface area contributed by atoms with E-state index in [1.165, 1.54) is 44.1 Å². The Hall–Kier alpha value is -2.38. The zero-order chi connectivity index (χ0) is 21.1. The molecule has 1 aliphatic carbocycles. The summed E-state index contributed by atoms with van der Waals surface area (Å²) in [6, 6.07) is 13.7. The van der Waals surface area contributed by atoms with E-state index in [9.17, 15) is 9.59 Å². The Labute approximate surface area is 176 Å². The molecule has 1 aromatic carbocycles. The SMILES string of the molecule is COCC(=O)O.Cc1ccc(N(C(=O)OCC2CCCCC2)c2ccccc2)s1. The minimum Gasteiger partial charge on any atom is -0.480 e. The quantitative estimate of drug-likeness (QED) is 0.657. The molecule has 0 radical (unpaired) electrons. The third kappa shape index (κ3) is 7.87. The van der Waals surface area contributed by atoms with E-state index in [2.05, 4.69) is 4.74 Å². The van der Waals surface area contributed by atoms with Crippen LogP contribution in [0.25, 0.3) is 0 Å². The molecule has 1 heterocycles. The van der Waals surface area contributed by atoms with E-state index in [-0.39, 0.29) is 12.7 Å². The lowest BCUT2D eigenvalue weighted by molar-refractivity contribution is -0.141. The number of thiophene rings is 1. The van der Waals surface area contributed by atoms with Gasteiger partial charge in [0.1, 0.15) is 11.6 Å². The zero-order valence-corrected chi connectivity index (χ0v) is 17.8. The van der Waals surface area contributed by atoms with E-state index in [1.807, 2.05) is 49.4 Å². The lowest BCUT2D eigenvalue weighted by Gasteiger charge is -2.24. The van der Waals surface area contributed by atoms with E-state index in [1.54, 1.807) is 16.2 Å². The number of nitrogens with zero attached hydrogens (tertiary/aromatic N) is 1. The summed E-state index contributed by atoms with van der Waals surface area (Å²) in [5.74, 6) is -0.409. The molecule has 2 aromatic rings. The number of para-hydroxylation sites is 1. The standard InChI is InChI=1S/C19H23NO2S.C3H6O3/c1-15-12-13-18(23-15)20(17-10-6-3-7-11-17)19(21)22-14-16-8-4-2-5-9-16;1-6-2-3(4)5/h3,6-7,10-13,16H,2,4-5,8-9,14H2,1H3;2H2,1H3,(H,4,5). The number of methoxy groups -OCH3 is 1. The Morgan fingerprint density at radius 2 is 1.79 bits per heavy atom. The number of aryl methyl sites for hydroxylation is 1. The van der Waals surface area contributed by atoms with Gasteiger partial charge in [0, 0.05) is 12.0 Å². The maximum atomic E-state index is 12.7. The predicted molar refractivity (Wildman–Crippen MR) is 115 cm³/mol. The Morgan fingerprint density at radius 1 is 1.10 bits per heavy atom. The molecule has 29 heavy (non-hydrogen) atoms. The van der Waals surface area contributed by atoms with Crippen molar-refractivity contribution in [2.75, 3.05) is 25.2 Å². The summed E-state index contributed by atoms with van der Waals surface area (Å²) < 4.78 is 9.86. The molecule has 1 fully saturated rings. The molecule has 0 aliphatic heterocycles. The van der Waals surface area contributed by atoms with Crippen LogP contribution in [0.15, 0.2) is 42.5 Å². The number of aliphatic carboxylic acids is 1. The van der Waals surface area contributed by atoms with Crippen molar-refractivity contribution < 1.29 is 24.2 Å². The fourth-order valence-electron chi connectivity index (χ4n) is 3.17. The van der Waals surface area contributed by atoms with Crippen LogP contribution < -0.4 is 4.90 Å². The molecule has 0 spiro atoms. The maximum Gasteiger partial charge on any atom is 0.419 e. The largest absolute Gasteiger partial charge is 0.480 e. The van der Waals surface area contributed by atoms with Crippen LogP contribution in [0.5, 0.6) is 0 Å².